The number of hydrogen-bond acceptors (Lipinski definition) is 2. The van der Waals surface area contributed by atoms with Crippen molar-refractivity contribution in [3.05, 3.63) is 71.8 Å². The molecule has 0 saturated carbocycles. The molecule has 0 saturated heterocycles. The molecule has 0 aromatic heterocycles. The predicted molar refractivity (Wildman–Crippen MR) is 115 cm³/mol. The van der Waals surface area contributed by atoms with E-state index in [1.807, 2.05) is 0 Å². The van der Waals surface area contributed by atoms with Crippen LogP contribution in [0.5, 0.6) is 0 Å². The molecule has 0 radical (unpaired) electrons. The van der Waals surface area contributed by atoms with Crippen LogP contribution in [0.15, 0.2) is 60.7 Å². The fourth-order valence-electron chi connectivity index (χ4n) is 3.60. The largest absolute Gasteiger partial charge is 0.436 e. The second kappa shape index (κ2) is 8.14. The quantitative estimate of drug-likeness (QED) is 0.540. The number of benzene rings is 2. The van der Waals surface area contributed by atoms with Crippen LogP contribution in [0.3, 0.4) is 0 Å². The van der Waals surface area contributed by atoms with E-state index in [4.69, 9.17) is 8.23 Å². The third kappa shape index (κ3) is 7.42. The van der Waals surface area contributed by atoms with Crippen LogP contribution < -0.4 is 0 Å². The third-order valence-corrected chi connectivity index (χ3v) is 14.9. The molecule has 0 fully saturated rings. The fraction of sp³-hybridized carbons (Fsp3) is 0.400. The highest BCUT2D eigenvalue weighted by atomic mass is 28.5. The van der Waals surface area contributed by atoms with Gasteiger partial charge in [-0.15, -0.1) is 0 Å². The molecule has 0 unspecified atom stereocenters. The molecule has 0 amide bonds. The van der Waals surface area contributed by atoms with E-state index in [2.05, 4.69) is 99.9 Å². The lowest BCUT2D eigenvalue weighted by molar-refractivity contribution is 0.388. The maximum Gasteiger partial charge on any atom is 0.311 e. The van der Waals surface area contributed by atoms with Gasteiger partial charge in [0, 0.05) is 0 Å². The van der Waals surface area contributed by atoms with E-state index in [1.165, 1.54) is 11.1 Å². The van der Waals surface area contributed by atoms with Gasteiger partial charge in [-0.1, -0.05) is 60.7 Å². The van der Waals surface area contributed by atoms with Crippen molar-refractivity contribution in [2.45, 2.75) is 51.4 Å². The van der Waals surface area contributed by atoms with Crippen LogP contribution >= 0.6 is 0 Å². The van der Waals surface area contributed by atoms with Crippen LogP contribution in [-0.2, 0) is 20.3 Å². The Morgan fingerprint density at radius 3 is 1.20 bits per heavy atom. The van der Waals surface area contributed by atoms with Crippen molar-refractivity contribution in [1.29, 1.82) is 0 Å². The minimum atomic E-state index is -2.16. The summed E-state index contributed by atoms with van der Waals surface area (Å²) < 4.78 is 13.4. The van der Waals surface area contributed by atoms with Crippen molar-refractivity contribution in [3.8, 4) is 0 Å². The number of hydrogen-bond donors (Lipinski definition) is 0. The molecule has 2 aromatic carbocycles. The van der Waals surface area contributed by atoms with Gasteiger partial charge in [-0.05, 0) is 62.5 Å². The summed E-state index contributed by atoms with van der Waals surface area (Å²) in [4.78, 5) is 0. The summed E-state index contributed by atoms with van der Waals surface area (Å²) in [6, 6.07) is 23.4. The van der Waals surface area contributed by atoms with Gasteiger partial charge < -0.3 is 8.23 Å². The standard InChI is InChI=1S/C20H32O2Si3/c1-23(2,17-19-13-9-7-10-14-19)21-25(5,6)22-24(3,4)18-20-15-11-8-12-16-20/h7-16H,17-18H2,1-6H3. The third-order valence-electron chi connectivity index (χ3n) is 3.99. The zero-order chi connectivity index (χ0) is 18.6. The minimum absolute atomic E-state index is 1.04. The first kappa shape index (κ1) is 20.3. The Kier molecular flexibility index (Phi) is 6.62. The highest BCUT2D eigenvalue weighted by molar-refractivity contribution is 6.87. The van der Waals surface area contributed by atoms with Crippen molar-refractivity contribution in [3.63, 3.8) is 0 Å². The topological polar surface area (TPSA) is 18.5 Å². The average molecular weight is 389 g/mol. The van der Waals surface area contributed by atoms with Crippen LogP contribution in [0.25, 0.3) is 0 Å². The van der Waals surface area contributed by atoms with Crippen LogP contribution in [0.4, 0.5) is 0 Å². The maximum absolute atomic E-state index is 6.69. The van der Waals surface area contributed by atoms with Gasteiger partial charge in [0.25, 0.3) is 0 Å². The van der Waals surface area contributed by atoms with E-state index in [0.29, 0.717) is 0 Å². The van der Waals surface area contributed by atoms with Gasteiger partial charge in [-0.25, -0.2) is 0 Å². The zero-order valence-corrected chi connectivity index (χ0v) is 19.5. The van der Waals surface area contributed by atoms with Gasteiger partial charge in [-0.2, -0.15) is 0 Å². The molecule has 0 aliphatic rings. The summed E-state index contributed by atoms with van der Waals surface area (Å²) >= 11 is 0. The van der Waals surface area contributed by atoms with Crippen LogP contribution in [0.1, 0.15) is 11.1 Å². The summed E-state index contributed by atoms with van der Waals surface area (Å²) in [7, 11) is -5.78. The molecule has 25 heavy (non-hydrogen) atoms. The molecule has 0 heterocycles. The van der Waals surface area contributed by atoms with E-state index in [9.17, 15) is 0 Å². The Morgan fingerprint density at radius 2 is 0.880 bits per heavy atom. The Bertz CT molecular complexity index is 598. The minimum Gasteiger partial charge on any atom is -0.436 e. The van der Waals surface area contributed by atoms with Gasteiger partial charge in [0.15, 0.2) is 16.6 Å². The van der Waals surface area contributed by atoms with Gasteiger partial charge >= 0.3 is 8.56 Å². The summed E-state index contributed by atoms with van der Waals surface area (Å²) in [5, 5.41) is 0. The zero-order valence-electron chi connectivity index (χ0n) is 16.5. The van der Waals surface area contributed by atoms with Crippen molar-refractivity contribution < 1.29 is 8.23 Å². The lowest BCUT2D eigenvalue weighted by Gasteiger charge is -2.38. The molecule has 0 N–H and O–H groups in total. The van der Waals surface area contributed by atoms with Gasteiger partial charge in [0.1, 0.15) is 0 Å². The maximum atomic E-state index is 6.69. The van der Waals surface area contributed by atoms with E-state index in [1.54, 1.807) is 0 Å². The molecular weight excluding hydrogens is 356 g/mol. The van der Waals surface area contributed by atoms with E-state index in [-0.39, 0.29) is 0 Å². The lowest BCUT2D eigenvalue weighted by atomic mass is 10.2. The van der Waals surface area contributed by atoms with Gasteiger partial charge in [-0.3, -0.25) is 0 Å². The first-order valence-electron chi connectivity index (χ1n) is 9.05. The normalized spacial score (nSPS) is 13.0. The molecule has 0 aliphatic carbocycles. The summed E-state index contributed by atoms with van der Waals surface area (Å²) in [6.45, 7) is 13.7. The molecule has 136 valence electrons. The van der Waals surface area contributed by atoms with Crippen molar-refractivity contribution >= 4 is 25.2 Å². The number of rotatable bonds is 8. The Morgan fingerprint density at radius 1 is 0.560 bits per heavy atom. The van der Waals surface area contributed by atoms with Crippen molar-refractivity contribution in [2.75, 3.05) is 0 Å². The van der Waals surface area contributed by atoms with Crippen LogP contribution in [0, 0.1) is 0 Å². The van der Waals surface area contributed by atoms with Crippen molar-refractivity contribution in [2.24, 2.45) is 0 Å². The summed E-state index contributed by atoms with van der Waals surface area (Å²) in [6.07, 6.45) is 0. The molecule has 2 aromatic rings. The van der Waals surface area contributed by atoms with Gasteiger partial charge in [0.2, 0.25) is 0 Å². The summed E-state index contributed by atoms with van der Waals surface area (Å²) in [5.41, 5.74) is 2.73. The highest BCUT2D eigenvalue weighted by Crippen LogP contribution is 2.24. The lowest BCUT2D eigenvalue weighted by Crippen LogP contribution is -2.54. The SMILES string of the molecule is C[Si](C)(Cc1ccccc1)O[Si](C)(C)O[Si](C)(C)Cc1ccccc1. The summed E-state index contributed by atoms with van der Waals surface area (Å²) in [5.74, 6) is 0. The van der Waals surface area contributed by atoms with Crippen LogP contribution in [0.2, 0.25) is 39.3 Å². The molecule has 0 atom stereocenters. The molecule has 0 spiro atoms. The molecule has 5 heteroatoms. The second-order valence-electron chi connectivity index (χ2n) is 8.45. The fourth-order valence-corrected chi connectivity index (χ4v) is 17.8. The van der Waals surface area contributed by atoms with E-state index < -0.39 is 25.2 Å². The Labute approximate surface area is 156 Å². The Hall–Kier alpha value is -0.989. The molecular formula is C20H32O2Si3. The van der Waals surface area contributed by atoms with Crippen LogP contribution in [-0.4, -0.2) is 25.2 Å². The smallest absolute Gasteiger partial charge is 0.311 e. The molecule has 2 rings (SSSR count). The average Bonchev–Trinajstić information content (AvgIpc) is 2.45. The van der Waals surface area contributed by atoms with E-state index in [0.717, 1.165) is 12.1 Å². The Balaban J connectivity index is 1.99. The van der Waals surface area contributed by atoms with E-state index >= 15 is 0 Å². The van der Waals surface area contributed by atoms with Gasteiger partial charge in [0.05, 0.1) is 0 Å². The van der Waals surface area contributed by atoms with Crippen molar-refractivity contribution in [1.82, 2.24) is 0 Å². The monoisotopic (exact) mass is 388 g/mol. The molecule has 2 nitrogen and oxygen atoms in total. The predicted octanol–water partition coefficient (Wildman–Crippen LogP) is 5.70. The molecule has 0 aliphatic heterocycles. The first-order valence-corrected chi connectivity index (χ1v) is 18.1. The highest BCUT2D eigenvalue weighted by Gasteiger charge is 2.39. The molecule has 0 bridgehead atoms. The first-order chi connectivity index (χ1) is 11.6. The second-order valence-corrected chi connectivity index (χ2v) is 20.6.